The van der Waals surface area contributed by atoms with E-state index in [1.54, 1.807) is 0 Å². The maximum absolute atomic E-state index is 9.24. The summed E-state index contributed by atoms with van der Waals surface area (Å²) in [7, 11) is 0. The van der Waals surface area contributed by atoms with E-state index in [1.165, 1.54) is 0 Å². The van der Waals surface area contributed by atoms with Crippen LogP contribution in [-0.4, -0.2) is 42.9 Å². The van der Waals surface area contributed by atoms with Crippen LogP contribution < -0.4 is 0 Å². The van der Waals surface area contributed by atoms with E-state index in [9.17, 15) is 5.11 Å². The van der Waals surface area contributed by atoms with Crippen LogP contribution in [0.4, 0.5) is 0 Å². The monoisotopic (exact) mass is 253 g/mol. The van der Waals surface area contributed by atoms with Crippen molar-refractivity contribution in [1.82, 2.24) is 4.90 Å². The van der Waals surface area contributed by atoms with Crippen molar-refractivity contribution < 1.29 is 14.3 Å². The average Bonchev–Trinajstić information content (AvgIpc) is 2.68. The Morgan fingerprint density at radius 2 is 2.22 bits per heavy atom. The zero-order valence-corrected chi connectivity index (χ0v) is 11.1. The highest BCUT2D eigenvalue weighted by Crippen LogP contribution is 2.14. The molecule has 1 N–H and O–H groups in total. The van der Waals surface area contributed by atoms with Crippen LogP contribution >= 0.6 is 0 Å². The van der Waals surface area contributed by atoms with Crippen LogP contribution in [0, 0.1) is 5.92 Å². The standard InChI is InChI=1S/C14H23NO3/c1-2-3-13-4-5-14(18-13)9-15-6-7-17-11-12(8-15)10-16/h4-5,12,16H,2-3,6-11H2,1H3/t12-/m1/s1. The third-order valence-corrected chi connectivity index (χ3v) is 3.27. The van der Waals surface area contributed by atoms with Crippen molar-refractivity contribution in [2.24, 2.45) is 5.92 Å². The molecule has 0 aromatic carbocycles. The molecule has 102 valence electrons. The van der Waals surface area contributed by atoms with Crippen molar-refractivity contribution in [2.75, 3.05) is 32.9 Å². The summed E-state index contributed by atoms with van der Waals surface area (Å²) in [6, 6.07) is 4.13. The molecule has 0 spiro atoms. The minimum absolute atomic E-state index is 0.190. The molecule has 0 unspecified atom stereocenters. The molecule has 1 aromatic heterocycles. The SMILES string of the molecule is CCCc1ccc(CN2CCOC[C@@H](CO)C2)o1. The minimum Gasteiger partial charge on any atom is -0.465 e. The first-order chi connectivity index (χ1) is 8.81. The molecular formula is C14H23NO3. The fraction of sp³-hybridized carbons (Fsp3) is 0.714. The van der Waals surface area contributed by atoms with Gasteiger partial charge in [0.15, 0.2) is 0 Å². The zero-order valence-electron chi connectivity index (χ0n) is 11.1. The number of furan rings is 1. The molecule has 1 aromatic rings. The number of hydrogen-bond acceptors (Lipinski definition) is 4. The van der Waals surface area contributed by atoms with Gasteiger partial charge in [-0.05, 0) is 18.6 Å². The van der Waals surface area contributed by atoms with Gasteiger partial charge in [0.1, 0.15) is 11.5 Å². The van der Waals surface area contributed by atoms with Crippen molar-refractivity contribution >= 4 is 0 Å². The topological polar surface area (TPSA) is 45.8 Å². The average molecular weight is 253 g/mol. The number of aliphatic hydroxyl groups excluding tert-OH is 1. The fourth-order valence-corrected chi connectivity index (χ4v) is 2.32. The van der Waals surface area contributed by atoms with Crippen LogP contribution in [0.15, 0.2) is 16.5 Å². The van der Waals surface area contributed by atoms with E-state index in [0.29, 0.717) is 6.61 Å². The number of aliphatic hydroxyl groups is 1. The molecule has 0 radical (unpaired) electrons. The number of hydrogen-bond donors (Lipinski definition) is 1. The van der Waals surface area contributed by atoms with Gasteiger partial charge < -0.3 is 14.3 Å². The largest absolute Gasteiger partial charge is 0.465 e. The van der Waals surface area contributed by atoms with E-state index in [2.05, 4.69) is 24.0 Å². The molecule has 18 heavy (non-hydrogen) atoms. The summed E-state index contributed by atoms with van der Waals surface area (Å²) in [5, 5.41) is 9.24. The molecule has 0 aliphatic carbocycles. The van der Waals surface area contributed by atoms with Crippen LogP contribution in [0.1, 0.15) is 24.9 Å². The molecule has 4 nitrogen and oxygen atoms in total. The molecule has 1 fully saturated rings. The van der Waals surface area contributed by atoms with Gasteiger partial charge in [0, 0.05) is 32.0 Å². The lowest BCUT2D eigenvalue weighted by Crippen LogP contribution is -2.30. The Labute approximate surface area is 109 Å². The van der Waals surface area contributed by atoms with Crippen LogP contribution in [-0.2, 0) is 17.7 Å². The van der Waals surface area contributed by atoms with Gasteiger partial charge in [0.2, 0.25) is 0 Å². The van der Waals surface area contributed by atoms with Gasteiger partial charge in [-0.2, -0.15) is 0 Å². The molecular weight excluding hydrogens is 230 g/mol. The molecule has 2 heterocycles. The Kier molecular flexibility index (Phi) is 5.23. The zero-order chi connectivity index (χ0) is 12.8. The quantitative estimate of drug-likeness (QED) is 0.867. The Hall–Kier alpha value is -0.840. The summed E-state index contributed by atoms with van der Waals surface area (Å²) in [5.41, 5.74) is 0. The maximum Gasteiger partial charge on any atom is 0.118 e. The van der Waals surface area contributed by atoms with E-state index in [-0.39, 0.29) is 12.5 Å². The molecule has 0 saturated carbocycles. The van der Waals surface area contributed by atoms with E-state index >= 15 is 0 Å². The lowest BCUT2D eigenvalue weighted by Gasteiger charge is -2.20. The lowest BCUT2D eigenvalue weighted by atomic mass is 10.1. The molecule has 4 heteroatoms. The summed E-state index contributed by atoms with van der Waals surface area (Å²) in [5.74, 6) is 2.30. The van der Waals surface area contributed by atoms with Crippen molar-refractivity contribution in [3.05, 3.63) is 23.7 Å². The van der Waals surface area contributed by atoms with E-state index in [1.807, 2.05) is 0 Å². The normalized spacial score (nSPS) is 22.0. The van der Waals surface area contributed by atoms with Gasteiger partial charge in [-0.1, -0.05) is 6.92 Å². The predicted octanol–water partition coefficient (Wildman–Crippen LogP) is 1.67. The first-order valence-corrected chi connectivity index (χ1v) is 6.80. The van der Waals surface area contributed by atoms with Crippen molar-refractivity contribution in [1.29, 1.82) is 0 Å². The van der Waals surface area contributed by atoms with Crippen molar-refractivity contribution in [3.63, 3.8) is 0 Å². The van der Waals surface area contributed by atoms with Crippen LogP contribution in [0.2, 0.25) is 0 Å². The second-order valence-corrected chi connectivity index (χ2v) is 4.98. The Balaban J connectivity index is 1.90. The van der Waals surface area contributed by atoms with Crippen LogP contribution in [0.3, 0.4) is 0 Å². The third-order valence-electron chi connectivity index (χ3n) is 3.27. The number of rotatable bonds is 5. The highest BCUT2D eigenvalue weighted by molar-refractivity contribution is 5.07. The molecule has 0 amide bonds. The summed E-state index contributed by atoms with van der Waals surface area (Å²) in [6.07, 6.45) is 2.11. The van der Waals surface area contributed by atoms with Gasteiger partial charge in [-0.25, -0.2) is 0 Å². The predicted molar refractivity (Wildman–Crippen MR) is 69.4 cm³/mol. The van der Waals surface area contributed by atoms with Crippen molar-refractivity contribution in [2.45, 2.75) is 26.3 Å². The van der Waals surface area contributed by atoms with Gasteiger partial charge >= 0.3 is 0 Å². The molecule has 1 atom stereocenters. The molecule has 0 bridgehead atoms. The van der Waals surface area contributed by atoms with Gasteiger partial charge in [-0.3, -0.25) is 4.90 Å². The van der Waals surface area contributed by atoms with E-state index in [4.69, 9.17) is 9.15 Å². The Morgan fingerprint density at radius 3 is 3.00 bits per heavy atom. The van der Waals surface area contributed by atoms with E-state index in [0.717, 1.165) is 50.6 Å². The third kappa shape index (κ3) is 3.83. The molecule has 1 saturated heterocycles. The highest BCUT2D eigenvalue weighted by Gasteiger charge is 2.18. The molecule has 1 aliphatic rings. The summed E-state index contributed by atoms with van der Waals surface area (Å²) in [6.45, 7) is 6.32. The second-order valence-electron chi connectivity index (χ2n) is 4.98. The summed E-state index contributed by atoms with van der Waals surface area (Å²) in [4.78, 5) is 2.29. The van der Waals surface area contributed by atoms with Gasteiger partial charge in [0.25, 0.3) is 0 Å². The second kappa shape index (κ2) is 6.92. The maximum atomic E-state index is 9.24. The van der Waals surface area contributed by atoms with Gasteiger partial charge in [-0.15, -0.1) is 0 Å². The smallest absolute Gasteiger partial charge is 0.118 e. The molecule has 2 rings (SSSR count). The van der Waals surface area contributed by atoms with Crippen molar-refractivity contribution in [3.8, 4) is 0 Å². The summed E-state index contributed by atoms with van der Waals surface area (Å²) >= 11 is 0. The summed E-state index contributed by atoms with van der Waals surface area (Å²) < 4.78 is 11.3. The Bertz CT molecular complexity index is 351. The lowest BCUT2D eigenvalue weighted by molar-refractivity contribution is 0.0957. The number of ether oxygens (including phenoxy) is 1. The van der Waals surface area contributed by atoms with Gasteiger partial charge in [0.05, 0.1) is 19.8 Å². The van der Waals surface area contributed by atoms with E-state index < -0.39 is 0 Å². The Morgan fingerprint density at radius 1 is 1.39 bits per heavy atom. The van der Waals surface area contributed by atoms with Crippen LogP contribution in [0.5, 0.6) is 0 Å². The molecule has 1 aliphatic heterocycles. The number of aryl methyl sites for hydroxylation is 1. The highest BCUT2D eigenvalue weighted by atomic mass is 16.5. The minimum atomic E-state index is 0.190. The number of nitrogens with zero attached hydrogens (tertiary/aromatic N) is 1. The van der Waals surface area contributed by atoms with Crippen LogP contribution in [0.25, 0.3) is 0 Å². The fourth-order valence-electron chi connectivity index (χ4n) is 2.32. The first-order valence-electron chi connectivity index (χ1n) is 6.80. The first kappa shape index (κ1) is 13.6.